The van der Waals surface area contributed by atoms with Crippen LogP contribution in [0.4, 0.5) is 11.4 Å². The van der Waals surface area contributed by atoms with E-state index in [1.54, 1.807) is 55.6 Å². The standard InChI is InChI=1S/C20H22N2O5S/c1-27-18-8-6-17(7-9-18)22-20(24)15-2-4-16(5-3-15)21-19(23)12-14-10-11-28(25,26)13-14/h2-9,14H,10-13H2,1H3,(H,21,23)(H,22,24)/t14-/m0/s1. The molecule has 2 amide bonds. The summed E-state index contributed by atoms with van der Waals surface area (Å²) < 4.78 is 28.0. The number of hydrogen-bond acceptors (Lipinski definition) is 5. The van der Waals surface area contributed by atoms with Crippen LogP contribution < -0.4 is 15.4 Å². The zero-order valence-corrected chi connectivity index (χ0v) is 16.3. The van der Waals surface area contributed by atoms with Gasteiger partial charge in [0.2, 0.25) is 5.91 Å². The summed E-state index contributed by atoms with van der Waals surface area (Å²) in [6.07, 6.45) is 0.707. The Balaban J connectivity index is 1.53. The maximum Gasteiger partial charge on any atom is 0.255 e. The summed E-state index contributed by atoms with van der Waals surface area (Å²) in [4.78, 5) is 24.4. The summed E-state index contributed by atoms with van der Waals surface area (Å²) in [5, 5.41) is 5.53. The van der Waals surface area contributed by atoms with Gasteiger partial charge in [0.15, 0.2) is 9.84 Å². The Bertz CT molecular complexity index is 953. The summed E-state index contributed by atoms with van der Waals surface area (Å²) in [6.45, 7) is 0. The van der Waals surface area contributed by atoms with Gasteiger partial charge in [0.05, 0.1) is 18.6 Å². The van der Waals surface area contributed by atoms with Crippen molar-refractivity contribution in [2.24, 2.45) is 5.92 Å². The molecule has 8 heteroatoms. The molecule has 7 nitrogen and oxygen atoms in total. The van der Waals surface area contributed by atoms with Gasteiger partial charge in [-0.1, -0.05) is 0 Å². The van der Waals surface area contributed by atoms with Crippen LogP contribution in [-0.4, -0.2) is 38.8 Å². The third-order valence-corrected chi connectivity index (χ3v) is 6.42. The monoisotopic (exact) mass is 402 g/mol. The van der Waals surface area contributed by atoms with E-state index in [-0.39, 0.29) is 35.7 Å². The van der Waals surface area contributed by atoms with Crippen LogP contribution in [0.15, 0.2) is 48.5 Å². The summed E-state index contributed by atoms with van der Waals surface area (Å²) in [6, 6.07) is 13.5. The smallest absolute Gasteiger partial charge is 0.255 e. The van der Waals surface area contributed by atoms with Crippen molar-refractivity contribution in [1.29, 1.82) is 0 Å². The number of benzene rings is 2. The molecule has 0 unspecified atom stereocenters. The number of nitrogens with one attached hydrogen (secondary N) is 2. The van der Waals surface area contributed by atoms with E-state index >= 15 is 0 Å². The molecule has 0 saturated carbocycles. The first-order valence-electron chi connectivity index (χ1n) is 8.90. The highest BCUT2D eigenvalue weighted by molar-refractivity contribution is 7.91. The van der Waals surface area contributed by atoms with Crippen LogP contribution in [-0.2, 0) is 14.6 Å². The van der Waals surface area contributed by atoms with Gasteiger partial charge < -0.3 is 15.4 Å². The fourth-order valence-corrected chi connectivity index (χ4v) is 4.95. The van der Waals surface area contributed by atoms with Crippen LogP contribution in [0.1, 0.15) is 23.2 Å². The maximum atomic E-state index is 12.3. The van der Waals surface area contributed by atoms with Gasteiger partial charge in [-0.2, -0.15) is 0 Å². The molecule has 1 heterocycles. The average Bonchev–Trinajstić information content (AvgIpc) is 3.01. The van der Waals surface area contributed by atoms with Crippen LogP contribution in [0.25, 0.3) is 0 Å². The molecule has 0 radical (unpaired) electrons. The van der Waals surface area contributed by atoms with Crippen molar-refractivity contribution in [3.05, 3.63) is 54.1 Å². The van der Waals surface area contributed by atoms with Crippen molar-refractivity contribution in [2.45, 2.75) is 12.8 Å². The quantitative estimate of drug-likeness (QED) is 0.774. The number of sulfone groups is 1. The molecule has 2 aromatic carbocycles. The molecule has 1 fully saturated rings. The van der Waals surface area contributed by atoms with Gasteiger partial charge in [0.1, 0.15) is 5.75 Å². The minimum Gasteiger partial charge on any atom is -0.497 e. The molecule has 0 aliphatic carbocycles. The van der Waals surface area contributed by atoms with Crippen molar-refractivity contribution in [2.75, 3.05) is 29.2 Å². The topological polar surface area (TPSA) is 102 Å². The van der Waals surface area contributed by atoms with Crippen LogP contribution in [0.2, 0.25) is 0 Å². The zero-order chi connectivity index (χ0) is 20.1. The molecule has 148 valence electrons. The van der Waals surface area contributed by atoms with Crippen LogP contribution >= 0.6 is 0 Å². The number of anilines is 2. The Morgan fingerprint density at radius 3 is 2.18 bits per heavy atom. The molecule has 2 N–H and O–H groups in total. The largest absolute Gasteiger partial charge is 0.497 e. The minimum atomic E-state index is -2.99. The molecule has 1 atom stereocenters. The van der Waals surface area contributed by atoms with Gasteiger partial charge in [-0.25, -0.2) is 8.42 Å². The normalized spacial score (nSPS) is 17.7. The van der Waals surface area contributed by atoms with E-state index in [9.17, 15) is 18.0 Å². The zero-order valence-electron chi connectivity index (χ0n) is 15.5. The lowest BCUT2D eigenvalue weighted by atomic mass is 10.0. The van der Waals surface area contributed by atoms with Crippen LogP contribution in [0, 0.1) is 5.92 Å². The lowest BCUT2D eigenvalue weighted by Gasteiger charge is -2.10. The molecular weight excluding hydrogens is 380 g/mol. The predicted molar refractivity (Wildman–Crippen MR) is 107 cm³/mol. The van der Waals surface area contributed by atoms with Gasteiger partial charge in [0, 0.05) is 23.4 Å². The number of carbonyl (C=O) groups excluding carboxylic acids is 2. The lowest BCUT2D eigenvalue weighted by molar-refractivity contribution is -0.116. The second-order valence-electron chi connectivity index (χ2n) is 6.78. The summed E-state index contributed by atoms with van der Waals surface area (Å²) in [7, 11) is -1.42. The van der Waals surface area contributed by atoms with Gasteiger partial charge in [-0.15, -0.1) is 0 Å². The summed E-state index contributed by atoms with van der Waals surface area (Å²) in [5.74, 6) is 0.318. The highest BCUT2D eigenvalue weighted by Crippen LogP contribution is 2.22. The Morgan fingerprint density at radius 1 is 1.00 bits per heavy atom. The van der Waals surface area contributed by atoms with Gasteiger partial charge in [-0.3, -0.25) is 9.59 Å². The number of carbonyl (C=O) groups is 2. The SMILES string of the molecule is COc1ccc(NC(=O)c2ccc(NC(=O)C[C@@H]3CCS(=O)(=O)C3)cc2)cc1. The minimum absolute atomic E-state index is 0.0743. The maximum absolute atomic E-state index is 12.3. The number of methoxy groups -OCH3 is 1. The second kappa shape index (κ2) is 8.43. The van der Waals surface area contributed by atoms with Crippen LogP contribution in [0.3, 0.4) is 0 Å². The van der Waals surface area contributed by atoms with Gasteiger partial charge in [0.25, 0.3) is 5.91 Å². The Morgan fingerprint density at radius 2 is 1.61 bits per heavy atom. The van der Waals surface area contributed by atoms with E-state index in [1.807, 2.05) is 0 Å². The first-order valence-corrected chi connectivity index (χ1v) is 10.7. The average molecular weight is 402 g/mol. The first kappa shape index (κ1) is 19.9. The first-order chi connectivity index (χ1) is 13.3. The molecule has 1 saturated heterocycles. The van der Waals surface area contributed by atoms with E-state index in [0.717, 1.165) is 0 Å². The Labute approximate surface area is 164 Å². The van der Waals surface area contributed by atoms with Crippen molar-refractivity contribution in [3.8, 4) is 5.75 Å². The molecular formula is C20H22N2O5S. The molecule has 1 aliphatic rings. The number of hydrogen-bond donors (Lipinski definition) is 2. The van der Waals surface area contributed by atoms with E-state index in [2.05, 4.69) is 10.6 Å². The summed E-state index contributed by atoms with van der Waals surface area (Å²) in [5.41, 5.74) is 1.66. The molecule has 2 aromatic rings. The molecule has 1 aliphatic heterocycles. The Kier molecular flexibility index (Phi) is 5.99. The second-order valence-corrected chi connectivity index (χ2v) is 9.01. The molecule has 0 aromatic heterocycles. The van der Waals surface area contributed by atoms with Gasteiger partial charge >= 0.3 is 0 Å². The highest BCUT2D eigenvalue weighted by Gasteiger charge is 2.29. The fraction of sp³-hybridized carbons (Fsp3) is 0.300. The number of rotatable bonds is 6. The molecule has 0 spiro atoms. The van der Waals surface area contributed by atoms with E-state index in [4.69, 9.17) is 4.74 Å². The number of amides is 2. The molecule has 0 bridgehead atoms. The van der Waals surface area contributed by atoms with Crippen molar-refractivity contribution >= 4 is 33.0 Å². The summed E-state index contributed by atoms with van der Waals surface area (Å²) >= 11 is 0. The van der Waals surface area contributed by atoms with E-state index in [1.165, 1.54) is 0 Å². The van der Waals surface area contributed by atoms with Crippen molar-refractivity contribution < 1.29 is 22.7 Å². The lowest BCUT2D eigenvalue weighted by Crippen LogP contribution is -2.17. The third-order valence-electron chi connectivity index (χ3n) is 4.58. The molecule has 3 rings (SSSR count). The Hall–Kier alpha value is -2.87. The van der Waals surface area contributed by atoms with Crippen molar-refractivity contribution in [3.63, 3.8) is 0 Å². The van der Waals surface area contributed by atoms with E-state index < -0.39 is 9.84 Å². The fourth-order valence-electron chi connectivity index (χ4n) is 3.09. The van der Waals surface area contributed by atoms with Gasteiger partial charge in [-0.05, 0) is 60.9 Å². The highest BCUT2D eigenvalue weighted by atomic mass is 32.2. The van der Waals surface area contributed by atoms with Crippen molar-refractivity contribution in [1.82, 2.24) is 0 Å². The number of ether oxygens (including phenoxy) is 1. The predicted octanol–water partition coefficient (Wildman–Crippen LogP) is 2.71. The van der Waals surface area contributed by atoms with Crippen LogP contribution in [0.5, 0.6) is 5.75 Å². The third kappa shape index (κ3) is 5.32. The molecule has 28 heavy (non-hydrogen) atoms. The van der Waals surface area contributed by atoms with E-state index in [0.29, 0.717) is 29.1 Å².